The minimum atomic E-state index is -0.249. The summed E-state index contributed by atoms with van der Waals surface area (Å²) in [6.45, 7) is 0.404. The van der Waals surface area contributed by atoms with Crippen LogP contribution >= 0.6 is 0 Å². The lowest BCUT2D eigenvalue weighted by Crippen LogP contribution is -2.23. The van der Waals surface area contributed by atoms with Crippen LogP contribution in [0.2, 0.25) is 0 Å². The van der Waals surface area contributed by atoms with Gasteiger partial charge in [0.25, 0.3) is 0 Å². The lowest BCUT2D eigenvalue weighted by atomic mass is 9.89. The molecule has 0 bridgehead atoms. The summed E-state index contributed by atoms with van der Waals surface area (Å²) in [4.78, 5) is 0. The molecular formula is C18H18O6. The summed E-state index contributed by atoms with van der Waals surface area (Å²) in [5, 5.41) is 10.3. The molecule has 0 saturated heterocycles. The quantitative estimate of drug-likeness (QED) is 0.933. The first-order chi connectivity index (χ1) is 11.7. The minimum absolute atomic E-state index is 0.00227. The standard InChI is InChI=1S/C18H18O6/c1-20-12-6-5-10-15-11(8-23-16(10)14(12)19)9-4-7-13(21-2)18(22-3)17(9)24-15/h4-7,11,15,19H,8H2,1-3H3/t11-,15-/m0/s1. The van der Waals surface area contributed by atoms with Gasteiger partial charge in [0.05, 0.1) is 33.9 Å². The molecule has 0 amide bonds. The van der Waals surface area contributed by atoms with Crippen LogP contribution in [0.4, 0.5) is 0 Å². The summed E-state index contributed by atoms with van der Waals surface area (Å²) >= 11 is 0. The van der Waals surface area contributed by atoms with Crippen LogP contribution in [0.5, 0.6) is 34.5 Å². The fourth-order valence-corrected chi connectivity index (χ4v) is 3.44. The van der Waals surface area contributed by atoms with Crippen molar-refractivity contribution in [1.82, 2.24) is 0 Å². The Labute approximate surface area is 139 Å². The molecule has 0 unspecified atom stereocenters. The van der Waals surface area contributed by atoms with Gasteiger partial charge in [-0.05, 0) is 18.2 Å². The van der Waals surface area contributed by atoms with Crippen molar-refractivity contribution in [2.24, 2.45) is 0 Å². The Morgan fingerprint density at radius 2 is 1.62 bits per heavy atom. The molecule has 24 heavy (non-hydrogen) atoms. The van der Waals surface area contributed by atoms with E-state index in [0.717, 1.165) is 11.1 Å². The van der Waals surface area contributed by atoms with Crippen LogP contribution < -0.4 is 23.7 Å². The lowest BCUT2D eigenvalue weighted by molar-refractivity contribution is 0.133. The molecule has 0 radical (unpaired) electrons. The zero-order chi connectivity index (χ0) is 16.8. The summed E-state index contributed by atoms with van der Waals surface area (Å²) in [7, 11) is 4.69. The molecule has 2 heterocycles. The first-order valence-corrected chi connectivity index (χ1v) is 7.63. The van der Waals surface area contributed by atoms with E-state index in [1.54, 1.807) is 20.3 Å². The number of rotatable bonds is 3. The number of phenols is 1. The third-order valence-corrected chi connectivity index (χ3v) is 4.60. The van der Waals surface area contributed by atoms with Crippen molar-refractivity contribution in [3.63, 3.8) is 0 Å². The molecule has 0 fully saturated rings. The van der Waals surface area contributed by atoms with Gasteiger partial charge >= 0.3 is 0 Å². The molecule has 4 rings (SSSR count). The van der Waals surface area contributed by atoms with Gasteiger partial charge in [0, 0.05) is 11.1 Å². The van der Waals surface area contributed by atoms with E-state index in [9.17, 15) is 5.11 Å². The van der Waals surface area contributed by atoms with Crippen LogP contribution in [0.25, 0.3) is 0 Å². The molecule has 2 atom stereocenters. The molecule has 6 heteroatoms. The fraction of sp³-hybridized carbons (Fsp3) is 0.333. The molecule has 0 spiro atoms. The maximum absolute atomic E-state index is 10.3. The second-order valence-corrected chi connectivity index (χ2v) is 5.71. The summed E-state index contributed by atoms with van der Waals surface area (Å²) in [6.07, 6.45) is -0.249. The highest BCUT2D eigenvalue weighted by atomic mass is 16.5. The average Bonchev–Trinajstić information content (AvgIpc) is 3.00. The number of benzene rings is 2. The topological polar surface area (TPSA) is 66.4 Å². The summed E-state index contributed by atoms with van der Waals surface area (Å²) in [6, 6.07) is 7.41. The van der Waals surface area contributed by atoms with Gasteiger partial charge in [-0.2, -0.15) is 0 Å². The number of methoxy groups -OCH3 is 3. The SMILES string of the molecule is COc1ccc2c(c1O)OC[C@H]1c3ccc(OC)c(OC)c3O[C@@H]21. The van der Waals surface area contributed by atoms with E-state index in [1.165, 1.54) is 7.11 Å². The number of ether oxygens (including phenoxy) is 5. The van der Waals surface area contributed by atoms with Crippen molar-refractivity contribution in [2.75, 3.05) is 27.9 Å². The van der Waals surface area contributed by atoms with Crippen LogP contribution in [0, 0.1) is 0 Å². The molecule has 0 aromatic heterocycles. The van der Waals surface area contributed by atoms with Gasteiger partial charge < -0.3 is 28.8 Å². The second kappa shape index (κ2) is 5.40. The normalized spacial score (nSPS) is 20.1. The van der Waals surface area contributed by atoms with E-state index < -0.39 is 0 Å². The first-order valence-electron chi connectivity index (χ1n) is 7.63. The van der Waals surface area contributed by atoms with Gasteiger partial charge in [0.2, 0.25) is 11.5 Å². The van der Waals surface area contributed by atoms with Crippen LogP contribution in [0.1, 0.15) is 23.1 Å². The van der Waals surface area contributed by atoms with Crippen molar-refractivity contribution in [3.8, 4) is 34.5 Å². The Morgan fingerprint density at radius 3 is 2.33 bits per heavy atom. The Balaban J connectivity index is 1.81. The van der Waals surface area contributed by atoms with Gasteiger partial charge in [0.15, 0.2) is 23.0 Å². The minimum Gasteiger partial charge on any atom is -0.502 e. The molecule has 2 aliphatic rings. The second-order valence-electron chi connectivity index (χ2n) is 5.71. The number of hydrogen-bond acceptors (Lipinski definition) is 6. The zero-order valence-corrected chi connectivity index (χ0v) is 13.7. The molecule has 2 aromatic rings. The Bertz CT molecular complexity index is 801. The van der Waals surface area contributed by atoms with Gasteiger partial charge in [-0.15, -0.1) is 0 Å². The number of hydrogen-bond donors (Lipinski definition) is 1. The summed E-state index contributed by atoms with van der Waals surface area (Å²) in [5.41, 5.74) is 1.81. The van der Waals surface area contributed by atoms with Crippen molar-refractivity contribution in [1.29, 1.82) is 0 Å². The first kappa shape index (κ1) is 14.8. The van der Waals surface area contributed by atoms with Crippen molar-refractivity contribution in [3.05, 3.63) is 35.4 Å². The van der Waals surface area contributed by atoms with E-state index in [0.29, 0.717) is 35.4 Å². The molecule has 0 aliphatic carbocycles. The van der Waals surface area contributed by atoms with Gasteiger partial charge in [-0.3, -0.25) is 0 Å². The Morgan fingerprint density at radius 1 is 0.917 bits per heavy atom. The van der Waals surface area contributed by atoms with Crippen LogP contribution in [0.3, 0.4) is 0 Å². The van der Waals surface area contributed by atoms with Crippen molar-refractivity contribution in [2.45, 2.75) is 12.0 Å². The largest absolute Gasteiger partial charge is 0.502 e. The lowest BCUT2D eigenvalue weighted by Gasteiger charge is -2.28. The highest BCUT2D eigenvalue weighted by Crippen LogP contribution is 2.58. The van der Waals surface area contributed by atoms with Gasteiger partial charge in [-0.1, -0.05) is 6.07 Å². The zero-order valence-electron chi connectivity index (χ0n) is 13.7. The predicted molar refractivity (Wildman–Crippen MR) is 85.8 cm³/mol. The Kier molecular flexibility index (Phi) is 3.33. The smallest absolute Gasteiger partial charge is 0.203 e. The Hall–Kier alpha value is -2.76. The van der Waals surface area contributed by atoms with E-state index in [-0.39, 0.29) is 17.8 Å². The van der Waals surface area contributed by atoms with Crippen molar-refractivity contribution >= 4 is 0 Å². The number of fused-ring (bicyclic) bond motifs is 5. The molecule has 0 saturated carbocycles. The fourth-order valence-electron chi connectivity index (χ4n) is 3.44. The molecule has 2 aromatic carbocycles. The van der Waals surface area contributed by atoms with Crippen LogP contribution in [-0.2, 0) is 0 Å². The molecule has 1 N–H and O–H groups in total. The van der Waals surface area contributed by atoms with E-state index in [1.807, 2.05) is 18.2 Å². The molecular weight excluding hydrogens is 312 g/mol. The van der Waals surface area contributed by atoms with E-state index in [4.69, 9.17) is 23.7 Å². The van der Waals surface area contributed by atoms with Crippen molar-refractivity contribution < 1.29 is 28.8 Å². The summed E-state index contributed by atoms with van der Waals surface area (Å²) in [5.74, 6) is 2.67. The van der Waals surface area contributed by atoms with E-state index >= 15 is 0 Å². The highest BCUT2D eigenvalue weighted by Gasteiger charge is 2.44. The highest BCUT2D eigenvalue weighted by molar-refractivity contribution is 5.63. The predicted octanol–water partition coefficient (Wildman–Crippen LogP) is 3.03. The van der Waals surface area contributed by atoms with Gasteiger partial charge in [0.1, 0.15) is 6.10 Å². The third-order valence-electron chi connectivity index (χ3n) is 4.60. The van der Waals surface area contributed by atoms with Crippen LogP contribution in [-0.4, -0.2) is 33.0 Å². The summed E-state index contributed by atoms with van der Waals surface area (Å²) < 4.78 is 28.0. The maximum atomic E-state index is 10.3. The maximum Gasteiger partial charge on any atom is 0.203 e. The van der Waals surface area contributed by atoms with Gasteiger partial charge in [-0.25, -0.2) is 0 Å². The molecule has 6 nitrogen and oxygen atoms in total. The molecule has 126 valence electrons. The van der Waals surface area contributed by atoms with E-state index in [2.05, 4.69) is 0 Å². The monoisotopic (exact) mass is 330 g/mol. The average molecular weight is 330 g/mol. The number of phenolic OH excluding ortho intramolecular Hbond substituents is 1. The number of aromatic hydroxyl groups is 1. The van der Waals surface area contributed by atoms with Crippen LogP contribution in [0.15, 0.2) is 24.3 Å². The third kappa shape index (κ3) is 1.89. The molecule has 2 aliphatic heterocycles.